The van der Waals surface area contributed by atoms with Crippen LogP contribution in [0.5, 0.6) is 5.88 Å². The highest BCUT2D eigenvalue weighted by Gasteiger charge is 2.23. The molecule has 2 aromatic rings. The summed E-state index contributed by atoms with van der Waals surface area (Å²) in [6, 6.07) is 8.73. The van der Waals surface area contributed by atoms with Gasteiger partial charge in [0.15, 0.2) is 0 Å². The molecule has 6 heteroatoms. The molecule has 1 heterocycles. The topological polar surface area (TPSA) is 72.3 Å². The van der Waals surface area contributed by atoms with E-state index in [2.05, 4.69) is 9.97 Å². The standard InChI is InChI=1S/C15H15ClN2O3/c1-2-21-14-8-13(17-9-18-14)11(15(19)20)7-10-5-3-4-6-12(10)16/h3-6,8-9,11H,2,7H2,1H3,(H,19,20). The monoisotopic (exact) mass is 306 g/mol. The average Bonchev–Trinajstić information content (AvgIpc) is 2.46. The number of carboxylic acid groups (broad SMARTS) is 1. The molecule has 0 radical (unpaired) electrons. The minimum absolute atomic E-state index is 0.261. The number of hydrogen-bond donors (Lipinski definition) is 1. The van der Waals surface area contributed by atoms with Crippen molar-refractivity contribution in [3.63, 3.8) is 0 Å². The summed E-state index contributed by atoms with van der Waals surface area (Å²) in [5.74, 6) is -1.39. The number of rotatable bonds is 6. The maximum Gasteiger partial charge on any atom is 0.312 e. The Morgan fingerprint density at radius 1 is 1.38 bits per heavy atom. The van der Waals surface area contributed by atoms with Gasteiger partial charge in [-0.15, -0.1) is 0 Å². The predicted octanol–water partition coefficient (Wildman–Crippen LogP) is 2.94. The fourth-order valence-electron chi connectivity index (χ4n) is 1.97. The number of ether oxygens (including phenoxy) is 1. The summed E-state index contributed by atoms with van der Waals surface area (Å²) in [5.41, 5.74) is 1.17. The molecule has 1 atom stereocenters. The van der Waals surface area contributed by atoms with Crippen LogP contribution in [0.4, 0.5) is 0 Å². The lowest BCUT2D eigenvalue weighted by molar-refractivity contribution is -0.138. The van der Waals surface area contributed by atoms with E-state index in [4.69, 9.17) is 16.3 Å². The average molecular weight is 307 g/mol. The molecule has 2 rings (SSSR count). The van der Waals surface area contributed by atoms with Crippen LogP contribution in [0.15, 0.2) is 36.7 Å². The van der Waals surface area contributed by atoms with Gasteiger partial charge in [0.05, 0.1) is 12.3 Å². The third kappa shape index (κ3) is 3.92. The van der Waals surface area contributed by atoms with Gasteiger partial charge in [0.1, 0.15) is 12.2 Å². The summed E-state index contributed by atoms with van der Waals surface area (Å²) in [7, 11) is 0. The molecule has 1 unspecified atom stereocenters. The van der Waals surface area contributed by atoms with Crippen LogP contribution in [0.2, 0.25) is 5.02 Å². The third-order valence-electron chi connectivity index (χ3n) is 2.99. The van der Waals surface area contributed by atoms with E-state index in [9.17, 15) is 9.90 Å². The minimum Gasteiger partial charge on any atom is -0.481 e. The van der Waals surface area contributed by atoms with Crippen LogP contribution in [-0.4, -0.2) is 27.7 Å². The SMILES string of the molecule is CCOc1cc(C(Cc2ccccc2Cl)C(=O)O)ncn1. The highest BCUT2D eigenvalue weighted by Crippen LogP contribution is 2.25. The maximum absolute atomic E-state index is 11.5. The van der Waals surface area contributed by atoms with E-state index in [1.54, 1.807) is 18.2 Å². The Hall–Kier alpha value is -2.14. The van der Waals surface area contributed by atoms with Crippen molar-refractivity contribution in [2.45, 2.75) is 19.3 Å². The largest absolute Gasteiger partial charge is 0.481 e. The molecule has 21 heavy (non-hydrogen) atoms. The molecule has 0 aliphatic carbocycles. The van der Waals surface area contributed by atoms with Crippen LogP contribution < -0.4 is 4.74 Å². The first kappa shape index (κ1) is 15.3. The molecule has 0 spiro atoms. The quantitative estimate of drug-likeness (QED) is 0.888. The van der Waals surface area contributed by atoms with Gasteiger partial charge < -0.3 is 9.84 Å². The maximum atomic E-state index is 11.5. The van der Waals surface area contributed by atoms with Crippen molar-refractivity contribution in [2.24, 2.45) is 0 Å². The first-order valence-electron chi connectivity index (χ1n) is 6.52. The zero-order valence-electron chi connectivity index (χ0n) is 11.5. The number of halogens is 1. The lowest BCUT2D eigenvalue weighted by Crippen LogP contribution is -2.16. The fraction of sp³-hybridized carbons (Fsp3) is 0.267. The van der Waals surface area contributed by atoms with Crippen molar-refractivity contribution in [3.05, 3.63) is 52.9 Å². The molecule has 1 N–H and O–H groups in total. The van der Waals surface area contributed by atoms with Crippen LogP contribution >= 0.6 is 11.6 Å². The van der Waals surface area contributed by atoms with Gasteiger partial charge in [-0.2, -0.15) is 0 Å². The Balaban J connectivity index is 2.29. The Morgan fingerprint density at radius 3 is 2.81 bits per heavy atom. The van der Waals surface area contributed by atoms with Gasteiger partial charge in [0, 0.05) is 11.1 Å². The second-order valence-corrected chi connectivity index (χ2v) is 4.81. The second-order valence-electron chi connectivity index (χ2n) is 4.40. The van der Waals surface area contributed by atoms with Crippen LogP contribution in [0.3, 0.4) is 0 Å². The number of nitrogens with zero attached hydrogens (tertiary/aromatic N) is 2. The smallest absolute Gasteiger partial charge is 0.312 e. The van der Waals surface area contributed by atoms with Crippen molar-refractivity contribution < 1.29 is 14.6 Å². The summed E-state index contributed by atoms with van der Waals surface area (Å²) in [6.07, 6.45) is 1.57. The van der Waals surface area contributed by atoms with Crippen LogP contribution in [0, 0.1) is 0 Å². The molecule has 110 valence electrons. The summed E-state index contributed by atoms with van der Waals surface area (Å²) in [6.45, 7) is 2.29. The summed E-state index contributed by atoms with van der Waals surface area (Å²) < 4.78 is 5.28. The van der Waals surface area contributed by atoms with Gasteiger partial charge in [-0.25, -0.2) is 9.97 Å². The third-order valence-corrected chi connectivity index (χ3v) is 3.36. The van der Waals surface area contributed by atoms with Gasteiger partial charge in [0.25, 0.3) is 0 Å². The van der Waals surface area contributed by atoms with Crippen molar-refractivity contribution in [1.29, 1.82) is 0 Å². The Labute approximate surface area is 127 Å². The van der Waals surface area contributed by atoms with E-state index in [-0.39, 0.29) is 6.42 Å². The molecule has 5 nitrogen and oxygen atoms in total. The van der Waals surface area contributed by atoms with Gasteiger partial charge in [-0.3, -0.25) is 4.79 Å². The Bertz CT molecular complexity index is 634. The van der Waals surface area contributed by atoms with Gasteiger partial charge >= 0.3 is 5.97 Å². The second kappa shape index (κ2) is 7.04. The molecule has 0 aliphatic rings. The van der Waals surface area contributed by atoms with Crippen LogP contribution in [0.25, 0.3) is 0 Å². The summed E-state index contributed by atoms with van der Waals surface area (Å²) >= 11 is 6.09. The van der Waals surface area contributed by atoms with Crippen molar-refractivity contribution in [1.82, 2.24) is 9.97 Å². The van der Waals surface area contributed by atoms with E-state index in [1.165, 1.54) is 6.33 Å². The summed E-state index contributed by atoms with van der Waals surface area (Å²) in [5, 5.41) is 10.00. The fourth-order valence-corrected chi connectivity index (χ4v) is 2.19. The normalized spacial score (nSPS) is 11.9. The van der Waals surface area contributed by atoms with E-state index in [0.717, 1.165) is 5.56 Å². The van der Waals surface area contributed by atoms with Gasteiger partial charge in [0.2, 0.25) is 5.88 Å². The number of aromatic nitrogens is 2. The van der Waals surface area contributed by atoms with E-state index in [0.29, 0.717) is 23.2 Å². The number of hydrogen-bond acceptors (Lipinski definition) is 4. The first-order chi connectivity index (χ1) is 10.1. The minimum atomic E-state index is -0.962. The molecular weight excluding hydrogens is 292 g/mol. The lowest BCUT2D eigenvalue weighted by Gasteiger charge is -2.13. The van der Waals surface area contributed by atoms with Crippen molar-refractivity contribution in [2.75, 3.05) is 6.61 Å². The predicted molar refractivity (Wildman–Crippen MR) is 78.7 cm³/mol. The van der Waals surface area contributed by atoms with Crippen LogP contribution in [-0.2, 0) is 11.2 Å². The van der Waals surface area contributed by atoms with Crippen molar-refractivity contribution >= 4 is 17.6 Å². The first-order valence-corrected chi connectivity index (χ1v) is 6.90. The number of aliphatic carboxylic acids is 1. The molecule has 0 bridgehead atoms. The molecule has 1 aromatic carbocycles. The lowest BCUT2D eigenvalue weighted by atomic mass is 9.96. The van der Waals surface area contributed by atoms with Crippen LogP contribution in [0.1, 0.15) is 24.1 Å². The van der Waals surface area contributed by atoms with E-state index < -0.39 is 11.9 Å². The summed E-state index contributed by atoms with van der Waals surface area (Å²) in [4.78, 5) is 19.5. The van der Waals surface area contributed by atoms with Crippen molar-refractivity contribution in [3.8, 4) is 5.88 Å². The molecule has 0 saturated carbocycles. The number of benzene rings is 1. The molecule has 0 fully saturated rings. The Kier molecular flexibility index (Phi) is 5.11. The highest BCUT2D eigenvalue weighted by molar-refractivity contribution is 6.31. The molecular formula is C15H15ClN2O3. The number of carbonyl (C=O) groups is 1. The zero-order chi connectivity index (χ0) is 15.2. The highest BCUT2D eigenvalue weighted by atomic mass is 35.5. The molecule has 1 aromatic heterocycles. The number of carboxylic acids is 1. The molecule has 0 amide bonds. The van der Waals surface area contributed by atoms with Gasteiger partial charge in [-0.05, 0) is 25.0 Å². The van der Waals surface area contributed by atoms with E-state index in [1.807, 2.05) is 19.1 Å². The van der Waals surface area contributed by atoms with E-state index >= 15 is 0 Å². The zero-order valence-corrected chi connectivity index (χ0v) is 12.2. The molecule has 0 saturated heterocycles. The Morgan fingerprint density at radius 2 is 2.14 bits per heavy atom. The van der Waals surface area contributed by atoms with Gasteiger partial charge in [-0.1, -0.05) is 29.8 Å². The molecule has 0 aliphatic heterocycles.